The Labute approximate surface area is 76.5 Å². The summed E-state index contributed by atoms with van der Waals surface area (Å²) in [7, 11) is 0. The summed E-state index contributed by atoms with van der Waals surface area (Å²) in [6, 6.07) is 0. The van der Waals surface area contributed by atoms with E-state index in [2.05, 4.69) is 5.16 Å². The number of hydrogen-bond acceptors (Lipinski definition) is 3. The van der Waals surface area contributed by atoms with Crippen molar-refractivity contribution in [2.45, 2.75) is 26.3 Å². The van der Waals surface area contributed by atoms with Crippen LogP contribution in [0.3, 0.4) is 0 Å². The minimum Gasteiger partial charge on any atom is -0.361 e. The van der Waals surface area contributed by atoms with Crippen LogP contribution in [0.15, 0.2) is 10.7 Å². The highest BCUT2D eigenvalue weighted by Crippen LogP contribution is 2.18. The van der Waals surface area contributed by atoms with E-state index in [-0.39, 0.29) is 5.91 Å². The summed E-state index contributed by atoms with van der Waals surface area (Å²) in [4.78, 5) is 13.2. The molecule has 0 aliphatic carbocycles. The number of nitrogens with zero attached hydrogens (tertiary/aromatic N) is 2. The molecular weight excluding hydrogens is 168 g/mol. The highest BCUT2D eigenvalue weighted by Gasteiger charge is 2.21. The molecule has 4 nitrogen and oxygen atoms in total. The lowest BCUT2D eigenvalue weighted by atomic mass is 10.1. The maximum atomic E-state index is 11.4. The predicted octanol–water partition coefficient (Wildman–Crippen LogP) is 0.969. The van der Waals surface area contributed by atoms with Crippen LogP contribution in [0.25, 0.3) is 0 Å². The molecule has 70 valence electrons. The van der Waals surface area contributed by atoms with Crippen LogP contribution < -0.4 is 0 Å². The van der Waals surface area contributed by atoms with Gasteiger partial charge in [0, 0.05) is 24.9 Å². The van der Waals surface area contributed by atoms with E-state index in [1.165, 1.54) is 0 Å². The Hall–Kier alpha value is -1.32. The molecule has 0 unspecified atom stereocenters. The van der Waals surface area contributed by atoms with Gasteiger partial charge in [-0.15, -0.1) is 0 Å². The van der Waals surface area contributed by atoms with Crippen molar-refractivity contribution in [1.29, 1.82) is 0 Å². The number of carbonyl (C=O) groups is 1. The third-order valence-corrected chi connectivity index (χ3v) is 2.35. The zero-order valence-electron chi connectivity index (χ0n) is 7.62. The van der Waals surface area contributed by atoms with E-state index in [1.807, 2.05) is 11.8 Å². The molecule has 0 N–H and O–H groups in total. The van der Waals surface area contributed by atoms with Crippen LogP contribution in [0.4, 0.5) is 0 Å². The van der Waals surface area contributed by atoms with Gasteiger partial charge in [-0.25, -0.2) is 0 Å². The molecule has 1 aliphatic rings. The molecule has 2 heterocycles. The van der Waals surface area contributed by atoms with Gasteiger partial charge in [-0.1, -0.05) is 12.1 Å². The molecule has 0 saturated heterocycles. The quantitative estimate of drug-likeness (QED) is 0.647. The lowest BCUT2D eigenvalue weighted by Gasteiger charge is -2.25. The third kappa shape index (κ3) is 1.43. The summed E-state index contributed by atoms with van der Waals surface area (Å²) in [5.41, 5.74) is 1.05. The van der Waals surface area contributed by atoms with Gasteiger partial charge in [0.2, 0.25) is 5.91 Å². The van der Waals surface area contributed by atoms with Crippen LogP contribution >= 0.6 is 0 Å². The highest BCUT2D eigenvalue weighted by atomic mass is 16.5. The largest absolute Gasteiger partial charge is 0.361 e. The first-order valence-corrected chi connectivity index (χ1v) is 4.51. The fraction of sp³-hybridized carbons (Fsp3) is 0.556. The predicted molar refractivity (Wildman–Crippen MR) is 45.9 cm³/mol. The minimum absolute atomic E-state index is 0.201. The average Bonchev–Trinajstić information content (AvgIpc) is 2.63. The van der Waals surface area contributed by atoms with Crippen LogP contribution in [-0.2, 0) is 17.8 Å². The molecule has 0 bridgehead atoms. The summed E-state index contributed by atoms with van der Waals surface area (Å²) in [6.07, 6.45) is 3.06. The fourth-order valence-electron chi connectivity index (χ4n) is 1.58. The molecule has 13 heavy (non-hydrogen) atoms. The average molecular weight is 180 g/mol. The van der Waals surface area contributed by atoms with Crippen molar-refractivity contribution in [2.75, 3.05) is 6.54 Å². The van der Waals surface area contributed by atoms with Gasteiger partial charge in [0.15, 0.2) is 0 Å². The summed E-state index contributed by atoms with van der Waals surface area (Å²) in [6.45, 7) is 3.30. The zero-order valence-corrected chi connectivity index (χ0v) is 7.62. The summed E-state index contributed by atoms with van der Waals surface area (Å²) >= 11 is 0. The van der Waals surface area contributed by atoms with E-state index < -0.39 is 0 Å². The lowest BCUT2D eigenvalue weighted by molar-refractivity contribution is -0.131. The Morgan fingerprint density at radius 1 is 1.77 bits per heavy atom. The molecule has 0 atom stereocenters. The van der Waals surface area contributed by atoms with Crippen LogP contribution in [0.2, 0.25) is 0 Å². The van der Waals surface area contributed by atoms with Crippen LogP contribution in [0.5, 0.6) is 0 Å². The van der Waals surface area contributed by atoms with E-state index in [0.29, 0.717) is 13.0 Å². The van der Waals surface area contributed by atoms with Gasteiger partial charge in [-0.2, -0.15) is 0 Å². The van der Waals surface area contributed by atoms with Crippen molar-refractivity contribution in [1.82, 2.24) is 10.1 Å². The second-order valence-electron chi connectivity index (χ2n) is 3.19. The summed E-state index contributed by atoms with van der Waals surface area (Å²) in [5, 5.41) is 3.71. The number of aromatic nitrogens is 1. The van der Waals surface area contributed by atoms with Gasteiger partial charge >= 0.3 is 0 Å². The van der Waals surface area contributed by atoms with E-state index in [9.17, 15) is 4.79 Å². The summed E-state index contributed by atoms with van der Waals surface area (Å²) in [5.74, 6) is 1.13. The number of rotatable bonds is 1. The van der Waals surface area contributed by atoms with Crippen molar-refractivity contribution in [3.63, 3.8) is 0 Å². The highest BCUT2D eigenvalue weighted by molar-refractivity contribution is 5.76. The Morgan fingerprint density at radius 3 is 3.38 bits per heavy atom. The number of carbonyl (C=O) groups excluding carboxylic acids is 1. The van der Waals surface area contributed by atoms with Gasteiger partial charge in [0.25, 0.3) is 0 Å². The first-order chi connectivity index (χ1) is 6.31. The maximum Gasteiger partial charge on any atom is 0.222 e. The van der Waals surface area contributed by atoms with Crippen molar-refractivity contribution < 1.29 is 9.32 Å². The molecule has 0 fully saturated rings. The molecule has 1 aliphatic heterocycles. The van der Waals surface area contributed by atoms with Crippen LogP contribution in [0.1, 0.15) is 24.7 Å². The molecule has 0 radical (unpaired) electrons. The Morgan fingerprint density at radius 2 is 2.62 bits per heavy atom. The van der Waals surface area contributed by atoms with Crippen LogP contribution in [0, 0.1) is 0 Å². The lowest BCUT2D eigenvalue weighted by Crippen LogP contribution is -2.34. The first kappa shape index (κ1) is 8.29. The van der Waals surface area contributed by atoms with Crippen LogP contribution in [-0.4, -0.2) is 22.5 Å². The topological polar surface area (TPSA) is 46.3 Å². The van der Waals surface area contributed by atoms with E-state index >= 15 is 0 Å². The second-order valence-corrected chi connectivity index (χ2v) is 3.19. The molecular formula is C9H12N2O2. The Balaban J connectivity index is 2.13. The SMILES string of the molecule is CCC(=O)N1CCc2oncc2C1. The van der Waals surface area contributed by atoms with Crippen molar-refractivity contribution >= 4 is 5.91 Å². The van der Waals surface area contributed by atoms with E-state index in [4.69, 9.17) is 4.52 Å². The van der Waals surface area contributed by atoms with Crippen molar-refractivity contribution in [2.24, 2.45) is 0 Å². The number of fused-ring (bicyclic) bond motifs is 1. The van der Waals surface area contributed by atoms with Gasteiger partial charge in [-0.3, -0.25) is 4.79 Å². The van der Waals surface area contributed by atoms with Crippen molar-refractivity contribution in [3.8, 4) is 0 Å². The van der Waals surface area contributed by atoms with Gasteiger partial charge in [0.05, 0.1) is 12.7 Å². The maximum absolute atomic E-state index is 11.4. The molecule has 4 heteroatoms. The molecule has 1 aromatic heterocycles. The standard InChI is InChI=1S/C9H12N2O2/c1-2-9(12)11-4-3-8-7(6-11)5-10-13-8/h5H,2-4,6H2,1H3. The first-order valence-electron chi connectivity index (χ1n) is 4.51. The Bertz CT molecular complexity index is 319. The molecule has 0 saturated carbocycles. The number of hydrogen-bond donors (Lipinski definition) is 0. The third-order valence-electron chi connectivity index (χ3n) is 2.35. The molecule has 1 amide bonds. The van der Waals surface area contributed by atoms with Gasteiger partial charge < -0.3 is 9.42 Å². The Kier molecular flexibility index (Phi) is 2.04. The summed E-state index contributed by atoms with van der Waals surface area (Å²) < 4.78 is 5.03. The molecule has 0 aromatic carbocycles. The minimum atomic E-state index is 0.201. The molecule has 0 spiro atoms. The smallest absolute Gasteiger partial charge is 0.222 e. The second kappa shape index (κ2) is 3.20. The normalized spacial score (nSPS) is 15.6. The van der Waals surface area contributed by atoms with E-state index in [1.54, 1.807) is 6.20 Å². The fourth-order valence-corrected chi connectivity index (χ4v) is 1.58. The molecule has 2 rings (SSSR count). The monoisotopic (exact) mass is 180 g/mol. The number of amides is 1. The zero-order chi connectivity index (χ0) is 9.26. The van der Waals surface area contributed by atoms with Gasteiger partial charge in [-0.05, 0) is 0 Å². The van der Waals surface area contributed by atoms with Crippen molar-refractivity contribution in [3.05, 3.63) is 17.5 Å². The van der Waals surface area contributed by atoms with Gasteiger partial charge in [0.1, 0.15) is 5.76 Å². The van der Waals surface area contributed by atoms with E-state index in [0.717, 1.165) is 24.3 Å². The molecule has 1 aromatic rings.